The molecule has 2 heteroatoms. The molecule has 34 valence electrons. The maximum atomic E-state index is 5.20. The van der Waals surface area contributed by atoms with Crippen molar-refractivity contribution in [3.63, 3.8) is 0 Å². The molecule has 0 aromatic heterocycles. The molecule has 0 aliphatic heterocycles. The van der Waals surface area contributed by atoms with Crippen molar-refractivity contribution in [2.24, 2.45) is 0 Å². The third-order valence-electron chi connectivity index (χ3n) is 0.553. The summed E-state index contributed by atoms with van der Waals surface area (Å²) < 4.78 is 6.56. The molecule has 6 heavy (non-hydrogen) atoms. The van der Waals surface area contributed by atoms with Gasteiger partial charge in [0.05, 0.1) is 0 Å². The van der Waals surface area contributed by atoms with Gasteiger partial charge >= 0.3 is 52.1 Å². The van der Waals surface area contributed by atoms with Gasteiger partial charge in [0.1, 0.15) is 0 Å². The van der Waals surface area contributed by atoms with Gasteiger partial charge in [-0.3, -0.25) is 0 Å². The Hall–Kier alpha value is 0.895. The van der Waals surface area contributed by atoms with Gasteiger partial charge in [-0.15, -0.1) is 0 Å². The van der Waals surface area contributed by atoms with Crippen LogP contribution in [0, 0.1) is 0 Å². The van der Waals surface area contributed by atoms with Crippen LogP contribution in [0.5, 0.6) is 0 Å². The average Bonchev–Trinajstić information content (AvgIpc) is 1.61. The minimum absolute atomic E-state index is 0.673. The summed E-state index contributed by atoms with van der Waals surface area (Å²) in [4.78, 5) is 0. The van der Waals surface area contributed by atoms with Crippen molar-refractivity contribution in [2.45, 2.75) is 17.8 Å². The van der Waals surface area contributed by atoms with Crippen LogP contribution >= 0.6 is 0 Å². The zero-order valence-corrected chi connectivity index (χ0v) is 10.0. The van der Waals surface area contributed by atoms with Crippen molar-refractivity contribution in [3.05, 3.63) is 0 Å². The summed E-state index contributed by atoms with van der Waals surface area (Å²) in [6.45, 7) is 5.22. The van der Waals surface area contributed by atoms with E-state index >= 15 is 0 Å². The van der Waals surface area contributed by atoms with E-state index in [1.54, 1.807) is 0 Å². The first-order valence-electron chi connectivity index (χ1n) is 2.49. The minimum atomic E-state index is -0.673. The zero-order chi connectivity index (χ0) is 4.83. The van der Waals surface area contributed by atoms with Gasteiger partial charge in [-0.2, -0.15) is 0 Å². The summed E-state index contributed by atoms with van der Waals surface area (Å²) in [5, 5.41) is 0. The first-order chi connectivity index (χ1) is 2.91. The fourth-order valence-electron chi connectivity index (χ4n) is 0.289. The molecule has 0 N–H and O–H groups in total. The van der Waals surface area contributed by atoms with Crippen LogP contribution in [0.1, 0.15) is 13.8 Å². The van der Waals surface area contributed by atoms with Crippen LogP contribution in [0.4, 0.5) is 0 Å². The fourth-order valence-corrected chi connectivity index (χ4v) is 2.53. The Morgan fingerprint density at radius 3 is 2.33 bits per heavy atom. The molecule has 0 unspecified atom stereocenters. The van der Waals surface area contributed by atoms with Crippen molar-refractivity contribution in [2.75, 3.05) is 6.61 Å². The van der Waals surface area contributed by atoms with Gasteiger partial charge < -0.3 is 0 Å². The van der Waals surface area contributed by atoms with Crippen LogP contribution in [0.25, 0.3) is 0 Å². The predicted octanol–water partition coefficient (Wildman–Crippen LogP) is 1.46. The van der Waals surface area contributed by atoms with Gasteiger partial charge in [0.25, 0.3) is 0 Å². The first-order valence-corrected chi connectivity index (χ1v) is 8.62. The number of hydrogen-bond donors (Lipinski definition) is 0. The Balaban J connectivity index is 2.34. The van der Waals surface area contributed by atoms with Crippen LogP contribution in [-0.4, -0.2) is 6.61 Å². The Morgan fingerprint density at radius 2 is 2.17 bits per heavy atom. The molecule has 0 atom stereocenters. The molecule has 0 saturated carbocycles. The molecule has 0 aliphatic carbocycles. The summed E-state index contributed by atoms with van der Waals surface area (Å²) in [5.41, 5.74) is 0. The van der Waals surface area contributed by atoms with Gasteiger partial charge in [-0.1, -0.05) is 0 Å². The third kappa shape index (κ3) is 4.90. The van der Waals surface area contributed by atoms with Crippen LogP contribution in [-0.2, 0) is 27.7 Å². The van der Waals surface area contributed by atoms with E-state index in [9.17, 15) is 0 Å². The van der Waals surface area contributed by atoms with E-state index in [0.717, 1.165) is 6.61 Å². The SMILES string of the molecule is CC[O][Hg][CH2]C. The molecule has 0 aromatic carbocycles. The molecule has 0 spiro atoms. The van der Waals surface area contributed by atoms with E-state index in [0.29, 0.717) is 0 Å². The van der Waals surface area contributed by atoms with E-state index in [-0.39, 0.29) is 0 Å². The summed E-state index contributed by atoms with van der Waals surface area (Å²) in [7, 11) is 0. The molecule has 0 radical (unpaired) electrons. The van der Waals surface area contributed by atoms with Gasteiger partial charge in [0.15, 0.2) is 0 Å². The van der Waals surface area contributed by atoms with Crippen LogP contribution in [0.2, 0.25) is 3.93 Å². The molecule has 0 aromatic rings. The van der Waals surface area contributed by atoms with Gasteiger partial charge in [0.2, 0.25) is 0 Å². The van der Waals surface area contributed by atoms with Crippen molar-refractivity contribution in [1.82, 2.24) is 0 Å². The van der Waals surface area contributed by atoms with Crippen molar-refractivity contribution < 1.29 is 27.7 Å². The Kier molecular flexibility index (Phi) is 6.77. The molecule has 0 rings (SSSR count). The number of rotatable bonds is 3. The molecular weight excluding hydrogens is 265 g/mol. The predicted molar refractivity (Wildman–Crippen MR) is 22.1 cm³/mol. The van der Waals surface area contributed by atoms with Crippen molar-refractivity contribution in [1.29, 1.82) is 0 Å². The summed E-state index contributed by atoms with van der Waals surface area (Å²) >= 11 is -0.673. The molecule has 1 nitrogen and oxygen atoms in total. The van der Waals surface area contributed by atoms with Crippen molar-refractivity contribution in [3.8, 4) is 0 Å². The van der Waals surface area contributed by atoms with E-state index in [1.807, 2.05) is 0 Å². The molecular formula is C4H10HgO. The second-order valence-corrected chi connectivity index (χ2v) is 8.26. The van der Waals surface area contributed by atoms with Gasteiger partial charge in [-0.25, -0.2) is 0 Å². The molecule has 0 heterocycles. The normalized spacial score (nSPS) is 7.67. The van der Waals surface area contributed by atoms with Crippen LogP contribution in [0.15, 0.2) is 0 Å². The third-order valence-corrected chi connectivity index (χ3v) is 4.85. The van der Waals surface area contributed by atoms with E-state index < -0.39 is 25.0 Å². The summed E-state index contributed by atoms with van der Waals surface area (Å²) in [6, 6.07) is 0. The van der Waals surface area contributed by atoms with Gasteiger partial charge in [-0.05, 0) is 0 Å². The summed E-state index contributed by atoms with van der Waals surface area (Å²) in [6.07, 6.45) is 0. The average molecular weight is 275 g/mol. The Bertz CT molecular complexity index is 19.5. The second kappa shape index (κ2) is 5.90. The molecule has 0 aliphatic rings. The monoisotopic (exact) mass is 276 g/mol. The quantitative estimate of drug-likeness (QED) is 0.559. The maximum absolute atomic E-state index is 5.20. The van der Waals surface area contributed by atoms with Crippen LogP contribution in [0.3, 0.4) is 0 Å². The molecule has 0 bridgehead atoms. The molecule has 0 saturated heterocycles. The van der Waals surface area contributed by atoms with E-state index in [1.165, 1.54) is 3.93 Å². The molecule has 0 amide bonds. The fraction of sp³-hybridized carbons (Fsp3) is 1.00. The van der Waals surface area contributed by atoms with Crippen molar-refractivity contribution >= 4 is 0 Å². The van der Waals surface area contributed by atoms with E-state index in [2.05, 4.69) is 13.8 Å². The zero-order valence-electron chi connectivity index (χ0n) is 4.53. The second-order valence-electron chi connectivity index (χ2n) is 1.20. The van der Waals surface area contributed by atoms with Crippen LogP contribution < -0.4 is 0 Å². The Labute approximate surface area is 52.2 Å². The number of hydrogen-bond acceptors (Lipinski definition) is 1. The Morgan fingerprint density at radius 1 is 1.50 bits per heavy atom. The van der Waals surface area contributed by atoms with Gasteiger partial charge in [0, 0.05) is 0 Å². The first kappa shape index (κ1) is 6.90. The standard InChI is InChI=1S/C2H5O.C2H5.Hg/c1-2-3;1-2;/h2H2,1H3;1H2,2H3;/q-1;;+1. The topological polar surface area (TPSA) is 9.23 Å². The summed E-state index contributed by atoms with van der Waals surface area (Å²) in [5.74, 6) is 0. The molecule has 0 fully saturated rings. The van der Waals surface area contributed by atoms with E-state index in [4.69, 9.17) is 2.64 Å².